The van der Waals surface area contributed by atoms with Crippen molar-refractivity contribution in [1.29, 1.82) is 0 Å². The largest absolute Gasteiger partial charge is 0.496 e. The lowest BCUT2D eigenvalue weighted by Crippen LogP contribution is -2.15. The number of rotatable bonds is 6. The molecule has 0 radical (unpaired) electrons. The number of benzene rings is 2. The quantitative estimate of drug-likeness (QED) is 0.594. The van der Waals surface area contributed by atoms with Crippen molar-refractivity contribution in [3.05, 3.63) is 52.5 Å². The first-order valence-corrected chi connectivity index (χ1v) is 9.59. The smallest absolute Gasteiger partial charge is 0.234 e. The van der Waals surface area contributed by atoms with Gasteiger partial charge in [-0.3, -0.25) is 9.89 Å². The first-order chi connectivity index (χ1) is 13.0. The number of methoxy groups -OCH3 is 1. The van der Waals surface area contributed by atoms with E-state index in [1.807, 2.05) is 32.0 Å². The number of anilines is 1. The summed E-state index contributed by atoms with van der Waals surface area (Å²) in [5.74, 6) is 1.27. The molecule has 3 rings (SSSR count). The average Bonchev–Trinajstić information content (AvgIpc) is 3.12. The number of nitrogens with one attached hydrogen (secondary N) is 2. The Labute approximate surface area is 166 Å². The molecule has 3 aromatic rings. The van der Waals surface area contributed by atoms with E-state index in [-0.39, 0.29) is 11.7 Å². The topological polar surface area (TPSA) is 79.9 Å². The minimum atomic E-state index is -0.107. The Morgan fingerprint density at radius 1 is 1.26 bits per heavy atom. The molecule has 0 spiro atoms. The number of carbonyl (C=O) groups excluding carboxylic acids is 1. The van der Waals surface area contributed by atoms with Gasteiger partial charge in [-0.1, -0.05) is 41.6 Å². The van der Waals surface area contributed by atoms with Crippen molar-refractivity contribution in [3.8, 4) is 17.1 Å². The number of hydrogen-bond acceptors (Lipinski definition) is 5. The van der Waals surface area contributed by atoms with E-state index in [2.05, 4.69) is 20.5 Å². The molecule has 0 bridgehead atoms. The molecule has 0 aliphatic carbocycles. The van der Waals surface area contributed by atoms with Crippen LogP contribution in [0.25, 0.3) is 11.4 Å². The number of H-pyrrole nitrogens is 1. The summed E-state index contributed by atoms with van der Waals surface area (Å²) in [6.45, 7) is 3.94. The third-order valence-electron chi connectivity index (χ3n) is 3.96. The van der Waals surface area contributed by atoms with Gasteiger partial charge in [0, 0.05) is 10.7 Å². The second-order valence-corrected chi connectivity index (χ2v) is 7.29. The fourth-order valence-corrected chi connectivity index (χ4v) is 3.38. The van der Waals surface area contributed by atoms with Crippen molar-refractivity contribution in [2.75, 3.05) is 18.2 Å². The summed E-state index contributed by atoms with van der Waals surface area (Å²) in [4.78, 5) is 16.7. The third kappa shape index (κ3) is 4.61. The second-order valence-electron chi connectivity index (χ2n) is 5.91. The van der Waals surface area contributed by atoms with Crippen molar-refractivity contribution in [3.63, 3.8) is 0 Å². The Morgan fingerprint density at radius 3 is 2.70 bits per heavy atom. The SMILES string of the molecule is COc1ccc(Cl)cc1-c1nc(SCC(=O)Nc2c(C)cccc2C)n[nH]1. The van der Waals surface area contributed by atoms with Gasteiger partial charge >= 0.3 is 0 Å². The van der Waals surface area contributed by atoms with Gasteiger partial charge in [0.05, 0.1) is 18.4 Å². The molecule has 140 valence electrons. The van der Waals surface area contributed by atoms with E-state index in [9.17, 15) is 4.79 Å². The lowest BCUT2D eigenvalue weighted by atomic mass is 10.1. The van der Waals surface area contributed by atoms with Crippen molar-refractivity contribution in [2.24, 2.45) is 0 Å². The lowest BCUT2D eigenvalue weighted by molar-refractivity contribution is -0.113. The molecule has 0 unspecified atom stereocenters. The molecule has 2 N–H and O–H groups in total. The summed E-state index contributed by atoms with van der Waals surface area (Å²) in [5, 5.41) is 11.0. The van der Waals surface area contributed by atoms with E-state index < -0.39 is 0 Å². The Hall–Kier alpha value is -2.51. The number of hydrogen-bond donors (Lipinski definition) is 2. The zero-order chi connectivity index (χ0) is 19.4. The molecule has 0 fully saturated rings. The molecular weight excluding hydrogens is 384 g/mol. The van der Waals surface area contributed by atoms with Crippen LogP contribution >= 0.6 is 23.4 Å². The van der Waals surface area contributed by atoms with E-state index in [1.165, 1.54) is 11.8 Å². The van der Waals surface area contributed by atoms with Crippen LogP contribution in [0, 0.1) is 13.8 Å². The minimum absolute atomic E-state index is 0.107. The minimum Gasteiger partial charge on any atom is -0.496 e. The molecule has 1 aromatic heterocycles. The number of amides is 1. The van der Waals surface area contributed by atoms with Crippen LogP contribution in [0.5, 0.6) is 5.75 Å². The standard InChI is InChI=1S/C19H19ClN4O2S/c1-11-5-4-6-12(2)17(11)21-16(25)10-27-19-22-18(23-24-19)14-9-13(20)7-8-15(14)26-3/h4-9H,10H2,1-3H3,(H,21,25)(H,22,23,24). The van der Waals surface area contributed by atoms with Gasteiger partial charge in [0.1, 0.15) is 5.75 Å². The molecule has 1 amide bonds. The van der Waals surface area contributed by atoms with E-state index in [0.717, 1.165) is 16.8 Å². The first-order valence-electron chi connectivity index (χ1n) is 8.23. The molecule has 6 nitrogen and oxygen atoms in total. The average molecular weight is 403 g/mol. The summed E-state index contributed by atoms with van der Waals surface area (Å²) in [6, 6.07) is 11.2. The van der Waals surface area contributed by atoms with Crippen molar-refractivity contribution >= 4 is 35.0 Å². The number of aromatic amines is 1. The zero-order valence-corrected chi connectivity index (χ0v) is 16.7. The highest BCUT2D eigenvalue weighted by Gasteiger charge is 2.14. The van der Waals surface area contributed by atoms with E-state index in [0.29, 0.717) is 27.3 Å². The number of nitrogens with zero attached hydrogens (tertiary/aromatic N) is 2. The Bertz CT molecular complexity index is 954. The van der Waals surface area contributed by atoms with Crippen LogP contribution in [0.1, 0.15) is 11.1 Å². The van der Waals surface area contributed by atoms with Crippen LogP contribution in [0.2, 0.25) is 5.02 Å². The molecule has 27 heavy (non-hydrogen) atoms. The monoisotopic (exact) mass is 402 g/mol. The maximum Gasteiger partial charge on any atom is 0.234 e. The summed E-state index contributed by atoms with van der Waals surface area (Å²) in [6.07, 6.45) is 0. The molecule has 1 heterocycles. The van der Waals surface area contributed by atoms with Gasteiger partial charge in [0.25, 0.3) is 0 Å². The van der Waals surface area contributed by atoms with Crippen LogP contribution in [-0.2, 0) is 4.79 Å². The number of aryl methyl sites for hydroxylation is 2. The maximum atomic E-state index is 12.3. The van der Waals surface area contributed by atoms with E-state index >= 15 is 0 Å². The molecule has 0 aliphatic heterocycles. The van der Waals surface area contributed by atoms with Crippen LogP contribution in [-0.4, -0.2) is 34.0 Å². The number of halogens is 1. The lowest BCUT2D eigenvalue weighted by Gasteiger charge is -2.10. The van der Waals surface area contributed by atoms with Gasteiger partial charge in [-0.25, -0.2) is 4.98 Å². The van der Waals surface area contributed by atoms with Gasteiger partial charge in [-0.15, -0.1) is 5.10 Å². The molecule has 0 saturated heterocycles. The van der Waals surface area contributed by atoms with Crippen molar-refractivity contribution in [2.45, 2.75) is 19.0 Å². The molecule has 2 aromatic carbocycles. The molecule has 8 heteroatoms. The number of para-hydroxylation sites is 1. The maximum absolute atomic E-state index is 12.3. The van der Waals surface area contributed by atoms with Gasteiger partial charge in [0.2, 0.25) is 11.1 Å². The van der Waals surface area contributed by atoms with Crippen molar-refractivity contribution in [1.82, 2.24) is 15.2 Å². The molecule has 0 aliphatic rings. The fraction of sp³-hybridized carbons (Fsp3) is 0.211. The van der Waals surface area contributed by atoms with Crippen LogP contribution < -0.4 is 10.1 Å². The van der Waals surface area contributed by atoms with Gasteiger partial charge in [0.15, 0.2) is 5.82 Å². The summed E-state index contributed by atoms with van der Waals surface area (Å²) >= 11 is 7.31. The summed E-state index contributed by atoms with van der Waals surface area (Å²) in [5.41, 5.74) is 3.62. The molecular formula is C19H19ClN4O2S. The highest BCUT2D eigenvalue weighted by Crippen LogP contribution is 2.31. The Kier molecular flexibility index (Phi) is 6.03. The zero-order valence-electron chi connectivity index (χ0n) is 15.2. The second kappa shape index (κ2) is 8.45. The number of ether oxygens (including phenoxy) is 1. The molecule has 0 atom stereocenters. The highest BCUT2D eigenvalue weighted by atomic mass is 35.5. The van der Waals surface area contributed by atoms with Crippen LogP contribution in [0.3, 0.4) is 0 Å². The third-order valence-corrected chi connectivity index (χ3v) is 5.04. The van der Waals surface area contributed by atoms with Crippen LogP contribution in [0.15, 0.2) is 41.6 Å². The van der Waals surface area contributed by atoms with Gasteiger partial charge < -0.3 is 10.1 Å². The Morgan fingerprint density at radius 2 is 2.00 bits per heavy atom. The van der Waals surface area contributed by atoms with Gasteiger partial charge in [-0.05, 0) is 43.2 Å². The van der Waals surface area contributed by atoms with E-state index in [4.69, 9.17) is 16.3 Å². The van der Waals surface area contributed by atoms with Gasteiger partial charge in [-0.2, -0.15) is 0 Å². The van der Waals surface area contributed by atoms with Crippen molar-refractivity contribution < 1.29 is 9.53 Å². The number of carbonyl (C=O) groups is 1. The normalized spacial score (nSPS) is 10.7. The Balaban J connectivity index is 1.66. The fourth-order valence-electron chi connectivity index (χ4n) is 2.61. The number of thioether (sulfide) groups is 1. The predicted molar refractivity (Wildman–Crippen MR) is 109 cm³/mol. The van der Waals surface area contributed by atoms with Crippen LogP contribution in [0.4, 0.5) is 5.69 Å². The molecule has 0 saturated carbocycles. The number of aromatic nitrogens is 3. The van der Waals surface area contributed by atoms with E-state index in [1.54, 1.807) is 25.3 Å². The first kappa shape index (κ1) is 19.3. The predicted octanol–water partition coefficient (Wildman–Crippen LogP) is 4.48. The summed E-state index contributed by atoms with van der Waals surface area (Å²) in [7, 11) is 1.58. The summed E-state index contributed by atoms with van der Waals surface area (Å²) < 4.78 is 5.33. The highest BCUT2D eigenvalue weighted by molar-refractivity contribution is 7.99.